The van der Waals surface area contributed by atoms with Crippen molar-refractivity contribution in [3.63, 3.8) is 0 Å². The second-order valence-corrected chi connectivity index (χ2v) is 7.79. The SMILES string of the molecule is c1csc(C2NC(c3cccs3)c3c(ccc4ccccc34)O2)c1. The van der Waals surface area contributed by atoms with Crippen LogP contribution in [0, 0.1) is 0 Å². The van der Waals surface area contributed by atoms with Crippen LogP contribution in [0.3, 0.4) is 0 Å². The van der Waals surface area contributed by atoms with Crippen molar-refractivity contribution in [2.75, 3.05) is 0 Å². The topological polar surface area (TPSA) is 21.3 Å². The number of fused-ring (bicyclic) bond motifs is 3. The highest BCUT2D eigenvalue weighted by Gasteiger charge is 2.32. The summed E-state index contributed by atoms with van der Waals surface area (Å²) in [4.78, 5) is 2.52. The molecular weight excluding hydrogens is 334 g/mol. The highest BCUT2D eigenvalue weighted by Crippen LogP contribution is 2.44. The van der Waals surface area contributed by atoms with E-state index in [1.807, 2.05) is 0 Å². The molecule has 0 fully saturated rings. The minimum absolute atomic E-state index is 0.106. The van der Waals surface area contributed by atoms with E-state index in [1.165, 1.54) is 26.1 Å². The number of hydrogen-bond donors (Lipinski definition) is 1. The summed E-state index contributed by atoms with van der Waals surface area (Å²) in [5.41, 5.74) is 1.24. The molecule has 0 bridgehead atoms. The van der Waals surface area contributed by atoms with E-state index in [-0.39, 0.29) is 12.3 Å². The van der Waals surface area contributed by atoms with Crippen LogP contribution in [0.4, 0.5) is 0 Å². The quantitative estimate of drug-likeness (QED) is 0.499. The molecule has 0 saturated heterocycles. The van der Waals surface area contributed by atoms with Gasteiger partial charge in [0.05, 0.1) is 10.9 Å². The van der Waals surface area contributed by atoms with Crippen molar-refractivity contribution in [1.29, 1.82) is 0 Å². The van der Waals surface area contributed by atoms with Gasteiger partial charge in [0.1, 0.15) is 5.75 Å². The van der Waals surface area contributed by atoms with Crippen molar-refractivity contribution in [3.8, 4) is 5.75 Å². The fraction of sp³-hybridized carbons (Fsp3) is 0.100. The number of nitrogens with one attached hydrogen (secondary N) is 1. The first-order valence-electron chi connectivity index (χ1n) is 7.91. The van der Waals surface area contributed by atoms with E-state index in [2.05, 4.69) is 76.7 Å². The van der Waals surface area contributed by atoms with Gasteiger partial charge in [0.2, 0.25) is 0 Å². The van der Waals surface area contributed by atoms with Crippen molar-refractivity contribution in [2.24, 2.45) is 0 Å². The molecule has 0 saturated carbocycles. The molecule has 0 aliphatic carbocycles. The summed E-state index contributed by atoms with van der Waals surface area (Å²) in [6, 6.07) is 21.4. The average Bonchev–Trinajstić information content (AvgIpc) is 3.34. The fourth-order valence-electron chi connectivity index (χ4n) is 3.33. The average molecular weight is 349 g/mol. The van der Waals surface area contributed by atoms with Crippen LogP contribution < -0.4 is 10.1 Å². The summed E-state index contributed by atoms with van der Waals surface area (Å²) in [6.45, 7) is 0. The molecule has 5 rings (SSSR count). The number of hydrogen-bond acceptors (Lipinski definition) is 4. The van der Waals surface area contributed by atoms with Crippen LogP contribution in [-0.2, 0) is 0 Å². The summed E-state index contributed by atoms with van der Waals surface area (Å²) in [5, 5.41) is 10.4. The molecule has 0 amide bonds. The highest BCUT2D eigenvalue weighted by molar-refractivity contribution is 7.10. The van der Waals surface area contributed by atoms with E-state index in [9.17, 15) is 0 Å². The van der Waals surface area contributed by atoms with Gasteiger partial charge in [0.25, 0.3) is 0 Å². The monoisotopic (exact) mass is 349 g/mol. The van der Waals surface area contributed by atoms with Crippen molar-refractivity contribution in [3.05, 3.63) is 86.7 Å². The Morgan fingerprint density at radius 3 is 2.38 bits per heavy atom. The van der Waals surface area contributed by atoms with Crippen molar-refractivity contribution < 1.29 is 4.74 Å². The van der Waals surface area contributed by atoms with Crippen LogP contribution >= 0.6 is 22.7 Å². The molecule has 118 valence electrons. The van der Waals surface area contributed by atoms with E-state index in [0.29, 0.717) is 0 Å². The van der Waals surface area contributed by atoms with Crippen LogP contribution in [0.2, 0.25) is 0 Å². The maximum atomic E-state index is 6.32. The van der Waals surface area contributed by atoms with Crippen molar-refractivity contribution in [1.82, 2.24) is 5.32 Å². The number of thiophene rings is 2. The molecule has 2 aromatic heterocycles. The Bertz CT molecular complexity index is 976. The Morgan fingerprint density at radius 1 is 0.792 bits per heavy atom. The minimum Gasteiger partial charge on any atom is -0.470 e. The lowest BCUT2D eigenvalue weighted by Crippen LogP contribution is -2.34. The zero-order valence-corrected chi connectivity index (χ0v) is 14.4. The molecule has 0 radical (unpaired) electrons. The normalized spacial score (nSPS) is 19.8. The van der Waals surface area contributed by atoms with Gasteiger partial charge in [-0.2, -0.15) is 0 Å². The first kappa shape index (κ1) is 14.2. The van der Waals surface area contributed by atoms with Crippen LogP contribution in [0.5, 0.6) is 5.75 Å². The van der Waals surface area contributed by atoms with Crippen LogP contribution in [0.1, 0.15) is 27.6 Å². The van der Waals surface area contributed by atoms with Gasteiger partial charge in [-0.25, -0.2) is 0 Å². The Kier molecular flexibility index (Phi) is 3.40. The molecule has 1 aliphatic heterocycles. The van der Waals surface area contributed by atoms with Gasteiger partial charge >= 0.3 is 0 Å². The van der Waals surface area contributed by atoms with Gasteiger partial charge in [0, 0.05) is 10.4 Å². The molecule has 2 unspecified atom stereocenters. The molecule has 1 N–H and O–H groups in total. The Balaban J connectivity index is 1.72. The van der Waals surface area contributed by atoms with E-state index in [4.69, 9.17) is 4.74 Å². The third-order valence-corrected chi connectivity index (χ3v) is 6.26. The maximum absolute atomic E-state index is 6.32. The van der Waals surface area contributed by atoms with Gasteiger partial charge in [-0.3, -0.25) is 5.32 Å². The molecule has 24 heavy (non-hydrogen) atoms. The van der Waals surface area contributed by atoms with E-state index in [1.54, 1.807) is 22.7 Å². The maximum Gasteiger partial charge on any atom is 0.186 e. The molecule has 2 nitrogen and oxygen atoms in total. The lowest BCUT2D eigenvalue weighted by molar-refractivity contribution is 0.138. The highest BCUT2D eigenvalue weighted by atomic mass is 32.1. The number of rotatable bonds is 2. The molecule has 4 heteroatoms. The zero-order chi connectivity index (χ0) is 15.9. The standard InChI is InChI=1S/C20H15NOS2/c1-2-6-14-13(5-1)9-10-15-18(14)19(16-7-3-11-23-16)21-20(22-15)17-8-4-12-24-17/h1-12,19-21H. The molecule has 1 aliphatic rings. The molecule has 4 aromatic rings. The second-order valence-electron chi connectivity index (χ2n) is 5.83. The summed E-state index contributed by atoms with van der Waals surface area (Å²) >= 11 is 3.51. The first-order valence-corrected chi connectivity index (χ1v) is 9.67. The van der Waals surface area contributed by atoms with Gasteiger partial charge < -0.3 is 4.74 Å². The predicted molar refractivity (Wildman–Crippen MR) is 101 cm³/mol. The molecule has 0 spiro atoms. The van der Waals surface area contributed by atoms with Crippen LogP contribution in [0.15, 0.2) is 71.4 Å². The summed E-state index contributed by atoms with van der Waals surface area (Å²) in [5.74, 6) is 0.976. The van der Waals surface area contributed by atoms with Gasteiger partial charge in [0.15, 0.2) is 6.23 Å². The minimum atomic E-state index is -0.106. The van der Waals surface area contributed by atoms with E-state index < -0.39 is 0 Å². The lowest BCUT2D eigenvalue weighted by Gasteiger charge is -2.33. The summed E-state index contributed by atoms with van der Waals surface area (Å²) in [6.07, 6.45) is -0.106. The molecule has 2 atom stereocenters. The second kappa shape index (κ2) is 5.74. The van der Waals surface area contributed by atoms with Crippen LogP contribution in [0.25, 0.3) is 10.8 Å². The zero-order valence-electron chi connectivity index (χ0n) is 12.8. The Hall–Kier alpha value is -2.14. The van der Waals surface area contributed by atoms with Crippen molar-refractivity contribution in [2.45, 2.75) is 12.3 Å². The molecular formula is C20H15NOS2. The van der Waals surface area contributed by atoms with Gasteiger partial charge in [-0.15, -0.1) is 22.7 Å². The fourth-order valence-corrected chi connectivity index (χ4v) is 4.84. The third kappa shape index (κ3) is 2.26. The van der Waals surface area contributed by atoms with Gasteiger partial charge in [-0.1, -0.05) is 42.5 Å². The van der Waals surface area contributed by atoms with Gasteiger partial charge in [-0.05, 0) is 39.7 Å². The lowest BCUT2D eigenvalue weighted by atomic mass is 9.95. The Labute approximate surface area is 148 Å². The first-order chi connectivity index (χ1) is 11.9. The summed E-state index contributed by atoms with van der Waals surface area (Å²) < 4.78 is 6.32. The third-order valence-electron chi connectivity index (χ3n) is 4.41. The smallest absolute Gasteiger partial charge is 0.186 e. The van der Waals surface area contributed by atoms with Crippen molar-refractivity contribution >= 4 is 33.4 Å². The van der Waals surface area contributed by atoms with E-state index >= 15 is 0 Å². The number of ether oxygens (including phenoxy) is 1. The predicted octanol–water partition coefficient (Wildman–Crippen LogP) is 5.73. The summed E-state index contributed by atoms with van der Waals surface area (Å²) in [7, 11) is 0. The number of benzene rings is 2. The molecule has 2 aromatic carbocycles. The Morgan fingerprint density at radius 2 is 1.58 bits per heavy atom. The van der Waals surface area contributed by atoms with Crippen LogP contribution in [-0.4, -0.2) is 0 Å². The van der Waals surface area contributed by atoms with E-state index in [0.717, 1.165) is 5.75 Å². The largest absolute Gasteiger partial charge is 0.470 e. The molecule has 3 heterocycles.